The molecule has 0 saturated carbocycles. The number of nitrogens with one attached hydrogen (secondary N) is 1. The molecule has 6 aliphatic rings. The Morgan fingerprint density at radius 3 is 2.35 bits per heavy atom. The molecule has 10 heteroatoms. The third-order valence-electron chi connectivity index (χ3n) is 9.75. The van der Waals surface area contributed by atoms with Crippen LogP contribution in [0.3, 0.4) is 0 Å². The Morgan fingerprint density at radius 1 is 1.00 bits per heavy atom. The molecule has 5 aliphatic heterocycles. The Morgan fingerprint density at radius 2 is 1.70 bits per heavy atom. The second kappa shape index (κ2) is 12.6. The first-order chi connectivity index (χ1) is 21.5. The fraction of sp³-hybridized carbons (Fsp3) is 0.361. The number of ether oxygens (including phenoxy) is 2. The fourth-order valence-corrected chi connectivity index (χ4v) is 7.15. The number of hydrogen-bond acceptors (Lipinski definition) is 9. The molecule has 46 heavy (non-hydrogen) atoms. The van der Waals surface area contributed by atoms with Crippen LogP contribution in [-0.4, -0.2) is 71.5 Å². The summed E-state index contributed by atoms with van der Waals surface area (Å²) in [6.07, 6.45) is 9.25. The minimum Gasteiger partial charge on any atom is -0.510 e. The van der Waals surface area contributed by atoms with Crippen LogP contribution in [0.4, 0.5) is 0 Å². The zero-order valence-corrected chi connectivity index (χ0v) is 28.9. The molecule has 9 nitrogen and oxygen atoms in total. The molecule has 3 atom stereocenters. The van der Waals surface area contributed by atoms with Gasteiger partial charge in [-0.05, 0) is 74.1 Å². The molecule has 0 aromatic carbocycles. The molecule has 6 rings (SSSR count). The average Bonchev–Trinajstić information content (AvgIpc) is 3.76. The second-order valence-electron chi connectivity index (χ2n) is 12.0. The Labute approximate surface area is 285 Å². The average molecular weight is 631 g/mol. The van der Waals surface area contributed by atoms with Crippen molar-refractivity contribution in [1.29, 1.82) is 0 Å². The zero-order chi connectivity index (χ0) is 32.3. The van der Waals surface area contributed by atoms with Crippen molar-refractivity contribution in [3.05, 3.63) is 104 Å². The first kappa shape index (κ1) is 33.3. The molecule has 0 aromatic heterocycles. The minimum atomic E-state index is -1.06. The number of hydrogen-bond donors (Lipinski definition) is 2. The van der Waals surface area contributed by atoms with E-state index in [2.05, 4.69) is 32.7 Å². The number of methoxy groups -OCH3 is 2. The monoisotopic (exact) mass is 630 g/mol. The maximum Gasteiger partial charge on any atom is 2.00 e. The first-order valence-corrected chi connectivity index (χ1v) is 15.3. The molecule has 8 bridgehead atoms. The summed E-state index contributed by atoms with van der Waals surface area (Å²) in [6, 6.07) is 0. The molecule has 0 amide bonds. The molecule has 232 valence electrons. The van der Waals surface area contributed by atoms with E-state index in [4.69, 9.17) is 24.5 Å². The van der Waals surface area contributed by atoms with Crippen molar-refractivity contribution in [2.24, 2.45) is 32.7 Å². The van der Waals surface area contributed by atoms with Gasteiger partial charge in [0.1, 0.15) is 11.7 Å². The van der Waals surface area contributed by atoms with Gasteiger partial charge in [0.05, 0.1) is 48.4 Å². The van der Waals surface area contributed by atoms with Crippen molar-refractivity contribution in [3.8, 4) is 0 Å². The Hall–Kier alpha value is -4.02. The summed E-state index contributed by atoms with van der Waals surface area (Å²) in [5, 5.41) is 15.2. The number of carbonyl (C=O) groups is 2. The van der Waals surface area contributed by atoms with Crippen LogP contribution in [0.5, 0.6) is 0 Å². The normalized spacial score (nSPS) is 24.7. The van der Waals surface area contributed by atoms with Crippen LogP contribution in [-0.2, 0) is 19.1 Å². The van der Waals surface area contributed by atoms with E-state index in [0.29, 0.717) is 29.0 Å². The van der Waals surface area contributed by atoms with E-state index in [1.165, 1.54) is 14.2 Å². The molecule has 0 spiro atoms. The molecular weight excluding hydrogens is 593 g/mol. The molecule has 5 heterocycles. The van der Waals surface area contributed by atoms with E-state index >= 15 is 0 Å². The first-order valence-electron chi connectivity index (χ1n) is 15.3. The predicted octanol–water partition coefficient (Wildman–Crippen LogP) is 5.82. The van der Waals surface area contributed by atoms with E-state index in [-0.39, 0.29) is 53.0 Å². The number of esters is 2. The van der Waals surface area contributed by atoms with Gasteiger partial charge < -0.3 is 19.9 Å². The van der Waals surface area contributed by atoms with Gasteiger partial charge in [0.2, 0.25) is 0 Å². The van der Waals surface area contributed by atoms with Crippen molar-refractivity contribution >= 4 is 52.1 Å². The van der Waals surface area contributed by atoms with Crippen molar-refractivity contribution < 1.29 is 24.2 Å². The van der Waals surface area contributed by atoms with Crippen LogP contribution in [0.25, 0.3) is 0 Å². The number of aliphatic hydroxyl groups is 1. The van der Waals surface area contributed by atoms with Crippen LogP contribution in [0.15, 0.2) is 119 Å². The van der Waals surface area contributed by atoms with Gasteiger partial charge >= 0.3 is 35.0 Å². The van der Waals surface area contributed by atoms with Crippen LogP contribution >= 0.6 is 0 Å². The van der Waals surface area contributed by atoms with Crippen molar-refractivity contribution in [1.82, 2.24) is 5.32 Å². The number of nitrogens with zero attached hydrogens (tertiary/aromatic N) is 3. The van der Waals surface area contributed by atoms with Gasteiger partial charge in [-0.3, -0.25) is 9.59 Å². The maximum absolute atomic E-state index is 13.3. The Balaban J connectivity index is 0.00000417. The molecule has 1 aliphatic carbocycles. The topological polar surface area (TPSA) is 122 Å². The van der Waals surface area contributed by atoms with Crippen LogP contribution in [0.1, 0.15) is 53.9 Å². The van der Waals surface area contributed by atoms with E-state index < -0.39 is 11.9 Å². The molecule has 1 fully saturated rings. The number of allylic oxidation sites excluding steroid dienone is 11. The van der Waals surface area contributed by atoms with Crippen LogP contribution in [0, 0.1) is 17.8 Å². The summed E-state index contributed by atoms with van der Waals surface area (Å²) < 4.78 is 10.2. The van der Waals surface area contributed by atoms with Crippen LogP contribution < -0.4 is 5.32 Å². The second-order valence-corrected chi connectivity index (χ2v) is 12.0. The number of carbonyl (C=O) groups excluding carboxylic acids is 2. The fourth-order valence-electron chi connectivity index (χ4n) is 7.15. The largest absolute Gasteiger partial charge is 2.00 e. The van der Waals surface area contributed by atoms with Gasteiger partial charge in [-0.15, -0.1) is 0 Å². The SMILES string of the molecule is C=CC1=C(C)C2=NC1=CC1=NC(=CC3=C(C)C4=C(O)C(C(=O)OC)C(=C5NC(=C2)C(C)C5CCC(=O)OC)C4=N3)C(CC)=C1C.[Mg+2]. The standard InChI is InChI=1S/C36H38N4O5.Mg/c1-9-20-16(3)23-13-25-18(5)22(11-12-29(41)44-7)33(39-25)31-32(36(43)45-8)35(42)30-19(6)26(40-34(30)31)15-28-21(10-2)17(4)24(38-28)14-27(20)37-23;/h9,13-15,18,22,32,39,42H,1,10-12H2,2-8H3;/q;+2. The Kier molecular flexibility index (Phi) is 9.16. The van der Waals surface area contributed by atoms with Gasteiger partial charge in [0.25, 0.3) is 0 Å². The predicted molar refractivity (Wildman–Crippen MR) is 180 cm³/mol. The molecule has 2 N–H and O–H groups in total. The number of rotatable bonds is 6. The summed E-state index contributed by atoms with van der Waals surface area (Å²) >= 11 is 0. The van der Waals surface area contributed by atoms with E-state index in [1.807, 2.05) is 38.2 Å². The summed E-state index contributed by atoms with van der Waals surface area (Å²) in [5.41, 5.74) is 12.0. The summed E-state index contributed by atoms with van der Waals surface area (Å²) in [5.74, 6) is -2.33. The molecule has 3 unspecified atom stereocenters. The van der Waals surface area contributed by atoms with E-state index in [0.717, 1.165) is 68.5 Å². The van der Waals surface area contributed by atoms with Crippen molar-refractivity contribution in [2.45, 2.75) is 53.9 Å². The number of fused-ring (bicyclic) bond motifs is 5. The van der Waals surface area contributed by atoms with E-state index in [1.54, 1.807) is 0 Å². The zero-order valence-electron chi connectivity index (χ0n) is 27.5. The van der Waals surface area contributed by atoms with Crippen molar-refractivity contribution in [2.75, 3.05) is 14.2 Å². The minimum absolute atomic E-state index is 0. The number of aliphatic imine (C=N–C) groups is 3. The van der Waals surface area contributed by atoms with Crippen LogP contribution in [0.2, 0.25) is 0 Å². The summed E-state index contributed by atoms with van der Waals surface area (Å²) in [7, 11) is 2.69. The Bertz CT molecular complexity index is 1840. The van der Waals surface area contributed by atoms with Gasteiger partial charge in [-0.25, -0.2) is 15.0 Å². The molecule has 0 radical (unpaired) electrons. The third kappa shape index (κ3) is 5.11. The van der Waals surface area contributed by atoms with Gasteiger partial charge in [0, 0.05) is 46.4 Å². The smallest absolute Gasteiger partial charge is 0.510 e. The van der Waals surface area contributed by atoms with E-state index in [9.17, 15) is 14.7 Å². The van der Waals surface area contributed by atoms with Gasteiger partial charge in [0.15, 0.2) is 0 Å². The quantitative estimate of drug-likeness (QED) is 0.282. The number of aliphatic hydroxyl groups excluding tert-OH is 1. The molecule has 1 saturated heterocycles. The molecule has 0 aromatic rings. The maximum atomic E-state index is 13.3. The van der Waals surface area contributed by atoms with Gasteiger partial charge in [-0.1, -0.05) is 26.5 Å². The molecular formula is C36H38MgN4O5+2. The van der Waals surface area contributed by atoms with Gasteiger partial charge in [-0.2, -0.15) is 0 Å². The summed E-state index contributed by atoms with van der Waals surface area (Å²) in [4.78, 5) is 40.7. The third-order valence-corrected chi connectivity index (χ3v) is 9.75. The summed E-state index contributed by atoms with van der Waals surface area (Å²) in [6.45, 7) is 14.3. The van der Waals surface area contributed by atoms with Crippen molar-refractivity contribution in [3.63, 3.8) is 0 Å².